The Morgan fingerprint density at radius 1 is 1.19 bits per heavy atom. The first-order chi connectivity index (χ1) is 12.5. The Morgan fingerprint density at radius 2 is 1.92 bits per heavy atom. The molecular weight excluding hydrogens is 346 g/mol. The Bertz CT molecular complexity index is 677. The van der Waals surface area contributed by atoms with Gasteiger partial charge in [0.25, 0.3) is 0 Å². The molecule has 0 saturated carbocycles. The largest absolute Gasteiger partial charge is 0.465 e. The molecule has 1 amide bonds. The van der Waals surface area contributed by atoms with Crippen LogP contribution in [0.3, 0.4) is 0 Å². The second kappa shape index (κ2) is 7.09. The highest BCUT2D eigenvalue weighted by Crippen LogP contribution is 2.36. The average Bonchev–Trinajstić information content (AvgIpc) is 3.18. The summed E-state index contributed by atoms with van der Waals surface area (Å²) in [5, 5.41) is 11.6. The van der Waals surface area contributed by atoms with Crippen molar-refractivity contribution in [3.63, 3.8) is 0 Å². The van der Waals surface area contributed by atoms with Gasteiger partial charge in [0.2, 0.25) is 0 Å². The van der Waals surface area contributed by atoms with E-state index in [0.717, 1.165) is 44.5 Å². The van der Waals surface area contributed by atoms with Crippen LogP contribution in [0.4, 0.5) is 13.6 Å². The Hall–Kier alpha value is -1.77. The van der Waals surface area contributed by atoms with Crippen LogP contribution in [0.5, 0.6) is 0 Å². The van der Waals surface area contributed by atoms with Crippen LogP contribution in [-0.4, -0.2) is 61.1 Å². The van der Waals surface area contributed by atoms with Crippen molar-refractivity contribution in [2.45, 2.75) is 24.6 Å². The summed E-state index contributed by atoms with van der Waals surface area (Å²) < 4.78 is 39.1. The second-order valence-corrected chi connectivity index (χ2v) is 7.38. The molecule has 4 rings (SSSR count). The molecule has 3 aliphatic heterocycles. The molecule has 5 atom stereocenters. The van der Waals surface area contributed by atoms with Gasteiger partial charge in [-0.2, -0.15) is 0 Å². The maximum absolute atomic E-state index is 14.2. The van der Waals surface area contributed by atoms with Crippen molar-refractivity contribution in [1.29, 1.82) is 0 Å². The van der Waals surface area contributed by atoms with E-state index in [4.69, 9.17) is 9.47 Å². The van der Waals surface area contributed by atoms with Crippen molar-refractivity contribution in [1.82, 2.24) is 10.2 Å². The smallest absolute Gasteiger partial charge is 0.404 e. The quantitative estimate of drug-likeness (QED) is 0.854. The number of nitrogens with one attached hydrogen (secondary N) is 1. The summed E-state index contributed by atoms with van der Waals surface area (Å²) >= 11 is 0. The fourth-order valence-corrected chi connectivity index (χ4v) is 4.42. The first-order valence-corrected chi connectivity index (χ1v) is 8.89. The van der Waals surface area contributed by atoms with E-state index < -0.39 is 29.9 Å². The Morgan fingerprint density at radius 3 is 2.62 bits per heavy atom. The lowest BCUT2D eigenvalue weighted by atomic mass is 9.92. The van der Waals surface area contributed by atoms with E-state index in [1.54, 1.807) is 0 Å². The van der Waals surface area contributed by atoms with Crippen LogP contribution >= 0.6 is 0 Å². The van der Waals surface area contributed by atoms with Gasteiger partial charge in [0.05, 0.1) is 25.9 Å². The van der Waals surface area contributed by atoms with Crippen molar-refractivity contribution in [3.8, 4) is 0 Å². The van der Waals surface area contributed by atoms with E-state index in [1.165, 1.54) is 0 Å². The van der Waals surface area contributed by atoms with E-state index in [1.807, 2.05) is 0 Å². The Balaban J connectivity index is 1.51. The zero-order valence-corrected chi connectivity index (χ0v) is 14.2. The van der Waals surface area contributed by atoms with Crippen molar-refractivity contribution in [2.24, 2.45) is 11.8 Å². The number of benzene rings is 1. The van der Waals surface area contributed by atoms with Crippen LogP contribution in [0.25, 0.3) is 0 Å². The number of halogens is 2. The molecule has 1 aromatic carbocycles. The van der Waals surface area contributed by atoms with Gasteiger partial charge in [-0.05, 0) is 24.6 Å². The Labute approximate surface area is 150 Å². The maximum Gasteiger partial charge on any atom is 0.404 e. The predicted octanol–water partition coefficient (Wildman–Crippen LogP) is 2.01. The first-order valence-electron chi connectivity index (χ1n) is 8.89. The number of hydrogen-bond donors (Lipinski definition) is 2. The number of nitrogens with zero attached hydrogens (tertiary/aromatic N) is 1. The summed E-state index contributed by atoms with van der Waals surface area (Å²) in [6.07, 6.45) is -1.55. The van der Waals surface area contributed by atoms with Gasteiger partial charge < -0.3 is 19.9 Å². The summed E-state index contributed by atoms with van der Waals surface area (Å²) in [7, 11) is 0. The lowest BCUT2D eigenvalue weighted by Crippen LogP contribution is -2.51. The highest BCUT2D eigenvalue weighted by molar-refractivity contribution is 5.65. The lowest BCUT2D eigenvalue weighted by molar-refractivity contribution is -0.0568. The van der Waals surface area contributed by atoms with Gasteiger partial charge in [0.15, 0.2) is 0 Å². The molecule has 0 aromatic heterocycles. The van der Waals surface area contributed by atoms with Gasteiger partial charge in [0, 0.05) is 36.5 Å². The minimum Gasteiger partial charge on any atom is -0.465 e. The third-order valence-corrected chi connectivity index (χ3v) is 5.72. The van der Waals surface area contributed by atoms with E-state index in [9.17, 15) is 18.7 Å². The number of ether oxygens (including phenoxy) is 2. The fourth-order valence-electron chi connectivity index (χ4n) is 4.42. The predicted molar refractivity (Wildman–Crippen MR) is 87.8 cm³/mol. The highest BCUT2D eigenvalue weighted by atomic mass is 19.1. The number of carbonyl (C=O) groups is 1. The van der Waals surface area contributed by atoms with Gasteiger partial charge in [-0.1, -0.05) is 0 Å². The number of amides is 1. The molecule has 0 aliphatic carbocycles. The van der Waals surface area contributed by atoms with Crippen molar-refractivity contribution in [3.05, 3.63) is 35.4 Å². The summed E-state index contributed by atoms with van der Waals surface area (Å²) in [5.41, 5.74) is 0.0499. The zero-order valence-electron chi connectivity index (χ0n) is 14.2. The van der Waals surface area contributed by atoms with Crippen LogP contribution in [-0.2, 0) is 9.47 Å². The van der Waals surface area contributed by atoms with E-state index in [0.29, 0.717) is 24.9 Å². The first kappa shape index (κ1) is 17.6. The lowest BCUT2D eigenvalue weighted by Gasteiger charge is -2.40. The van der Waals surface area contributed by atoms with E-state index in [2.05, 4.69) is 10.2 Å². The van der Waals surface area contributed by atoms with Gasteiger partial charge in [0.1, 0.15) is 17.7 Å². The molecule has 26 heavy (non-hydrogen) atoms. The number of likely N-dealkylation sites (tertiary alicyclic amines) is 1. The van der Waals surface area contributed by atoms with Crippen LogP contribution in [0, 0.1) is 23.5 Å². The molecule has 0 bridgehead atoms. The fraction of sp³-hybridized carbons (Fsp3) is 0.611. The molecule has 1 aromatic rings. The van der Waals surface area contributed by atoms with Crippen molar-refractivity contribution < 1.29 is 28.2 Å². The maximum atomic E-state index is 14.2. The Kier molecular flexibility index (Phi) is 4.81. The standard InChI is InChI=1S/C18H22F2N2O4/c19-12-1-2-15(20)14(3-12)17-16(21-18(23)24)4-13(9-26-17)22-5-10-7-25-8-11(10)6-22/h1-3,10-11,13,16-17,21H,4-9H2,(H,23,24)/t10?,11?,13-,16+,17-/m1/s1. The zero-order chi connectivity index (χ0) is 18.3. The molecule has 6 nitrogen and oxygen atoms in total. The summed E-state index contributed by atoms with van der Waals surface area (Å²) in [4.78, 5) is 13.5. The second-order valence-electron chi connectivity index (χ2n) is 7.38. The molecule has 142 valence electrons. The van der Waals surface area contributed by atoms with Crippen molar-refractivity contribution in [2.75, 3.05) is 32.9 Å². The minimum atomic E-state index is -1.20. The van der Waals surface area contributed by atoms with E-state index >= 15 is 0 Å². The monoisotopic (exact) mass is 368 g/mol. The number of carboxylic acid groups (broad SMARTS) is 1. The molecule has 3 aliphatic rings. The topological polar surface area (TPSA) is 71.0 Å². The average molecular weight is 368 g/mol. The normalized spacial score (nSPS) is 34.6. The third kappa shape index (κ3) is 3.41. The molecule has 2 unspecified atom stereocenters. The van der Waals surface area contributed by atoms with Gasteiger partial charge in [-0.3, -0.25) is 4.90 Å². The van der Waals surface area contributed by atoms with E-state index in [-0.39, 0.29) is 11.6 Å². The van der Waals surface area contributed by atoms with Crippen LogP contribution < -0.4 is 5.32 Å². The molecule has 0 radical (unpaired) electrons. The number of fused-ring (bicyclic) bond motifs is 1. The molecule has 8 heteroatoms. The molecule has 3 saturated heterocycles. The third-order valence-electron chi connectivity index (χ3n) is 5.72. The molecule has 3 heterocycles. The summed E-state index contributed by atoms with van der Waals surface area (Å²) in [6, 6.07) is 2.56. The molecule has 2 N–H and O–H groups in total. The van der Waals surface area contributed by atoms with Gasteiger partial charge in [-0.25, -0.2) is 13.6 Å². The number of rotatable bonds is 3. The summed E-state index contributed by atoms with van der Waals surface area (Å²) in [6.45, 7) is 3.69. The van der Waals surface area contributed by atoms with Gasteiger partial charge in [-0.15, -0.1) is 0 Å². The van der Waals surface area contributed by atoms with Crippen LogP contribution in [0.15, 0.2) is 18.2 Å². The minimum absolute atomic E-state index is 0.0466. The molecular formula is C18H22F2N2O4. The van der Waals surface area contributed by atoms with Crippen molar-refractivity contribution >= 4 is 6.09 Å². The molecule has 3 fully saturated rings. The van der Waals surface area contributed by atoms with Crippen LogP contribution in [0.2, 0.25) is 0 Å². The van der Waals surface area contributed by atoms with Crippen LogP contribution in [0.1, 0.15) is 18.1 Å². The highest BCUT2D eigenvalue weighted by Gasteiger charge is 2.43. The SMILES string of the molecule is O=C(O)N[C@H]1C[C@@H](N2CC3COCC3C2)CO[C@@H]1c1cc(F)ccc1F. The number of hydrogen-bond acceptors (Lipinski definition) is 4. The van der Waals surface area contributed by atoms with Gasteiger partial charge >= 0.3 is 6.09 Å². The summed E-state index contributed by atoms with van der Waals surface area (Å²) in [5.74, 6) is -0.146. The molecule has 0 spiro atoms.